The zero-order chi connectivity index (χ0) is 18.7. The van der Waals surface area contributed by atoms with E-state index in [4.69, 9.17) is 4.74 Å². The molecule has 0 radical (unpaired) electrons. The van der Waals surface area contributed by atoms with Gasteiger partial charge in [-0.15, -0.1) is 0 Å². The van der Waals surface area contributed by atoms with Crippen LogP contribution < -0.4 is 16.0 Å². The summed E-state index contributed by atoms with van der Waals surface area (Å²) in [4.78, 5) is 18.2. The van der Waals surface area contributed by atoms with E-state index in [1.54, 1.807) is 7.05 Å². The molecule has 0 bridgehead atoms. The Morgan fingerprint density at radius 1 is 1.08 bits per heavy atom. The standard InChI is InChI=1S/C18H37N5O2/c1-18(2,3)25-17(24)22-12-11-20-16(19-4)21-13-14-23(5)15-9-7-6-8-10-15/h15H,6-14H2,1-5H3,(H,22,24)(H2,19,20,21). The summed E-state index contributed by atoms with van der Waals surface area (Å²) in [6.07, 6.45) is 6.34. The van der Waals surface area contributed by atoms with E-state index >= 15 is 0 Å². The van der Waals surface area contributed by atoms with Crippen LogP contribution >= 0.6 is 0 Å². The van der Waals surface area contributed by atoms with E-state index in [0.29, 0.717) is 13.1 Å². The molecule has 0 saturated heterocycles. The highest BCUT2D eigenvalue weighted by Gasteiger charge is 2.17. The first kappa shape index (κ1) is 21.5. The fraction of sp³-hybridized carbons (Fsp3) is 0.889. The molecule has 1 aliphatic carbocycles. The van der Waals surface area contributed by atoms with Crippen LogP contribution in [-0.2, 0) is 4.74 Å². The second-order valence-corrected chi connectivity index (χ2v) is 7.63. The number of carbonyl (C=O) groups excluding carboxylic acids is 1. The van der Waals surface area contributed by atoms with E-state index in [-0.39, 0.29) is 0 Å². The van der Waals surface area contributed by atoms with Crippen LogP contribution in [0.3, 0.4) is 0 Å². The van der Waals surface area contributed by atoms with Gasteiger partial charge in [0, 0.05) is 39.3 Å². The first-order valence-corrected chi connectivity index (χ1v) is 9.43. The van der Waals surface area contributed by atoms with E-state index in [0.717, 1.165) is 25.1 Å². The molecule has 25 heavy (non-hydrogen) atoms. The highest BCUT2D eigenvalue weighted by Crippen LogP contribution is 2.21. The van der Waals surface area contributed by atoms with Crippen molar-refractivity contribution in [2.24, 2.45) is 4.99 Å². The molecule has 0 spiro atoms. The van der Waals surface area contributed by atoms with Gasteiger partial charge in [-0.1, -0.05) is 19.3 Å². The van der Waals surface area contributed by atoms with Crippen LogP contribution in [0.15, 0.2) is 4.99 Å². The zero-order valence-corrected chi connectivity index (χ0v) is 16.7. The molecular formula is C18H37N5O2. The van der Waals surface area contributed by atoms with E-state index in [1.165, 1.54) is 32.1 Å². The average molecular weight is 356 g/mol. The molecule has 1 aliphatic rings. The molecular weight excluding hydrogens is 318 g/mol. The number of hydrogen-bond donors (Lipinski definition) is 3. The molecule has 0 unspecified atom stereocenters. The van der Waals surface area contributed by atoms with Gasteiger partial charge in [-0.25, -0.2) is 4.79 Å². The van der Waals surface area contributed by atoms with Crippen LogP contribution in [0, 0.1) is 0 Å². The van der Waals surface area contributed by atoms with Gasteiger partial charge in [0.15, 0.2) is 5.96 Å². The lowest BCUT2D eigenvalue weighted by atomic mass is 9.94. The van der Waals surface area contributed by atoms with Gasteiger partial charge in [0.25, 0.3) is 0 Å². The lowest BCUT2D eigenvalue weighted by Crippen LogP contribution is -2.45. The van der Waals surface area contributed by atoms with Crippen molar-refractivity contribution in [3.63, 3.8) is 0 Å². The van der Waals surface area contributed by atoms with Gasteiger partial charge in [-0.3, -0.25) is 4.99 Å². The third-order valence-electron chi connectivity index (χ3n) is 4.26. The van der Waals surface area contributed by atoms with Gasteiger partial charge in [0.05, 0.1) is 0 Å². The predicted octanol–water partition coefficient (Wildman–Crippen LogP) is 1.94. The summed E-state index contributed by atoms with van der Waals surface area (Å²) in [5, 5.41) is 9.23. The van der Waals surface area contributed by atoms with Crippen molar-refractivity contribution in [2.45, 2.75) is 64.5 Å². The number of amides is 1. The molecule has 0 aromatic heterocycles. The highest BCUT2D eigenvalue weighted by molar-refractivity contribution is 5.79. The summed E-state index contributed by atoms with van der Waals surface area (Å²) in [6.45, 7) is 8.48. The average Bonchev–Trinajstić information content (AvgIpc) is 2.56. The molecule has 1 amide bonds. The molecule has 7 nitrogen and oxygen atoms in total. The molecule has 0 heterocycles. The molecule has 1 fully saturated rings. The van der Waals surface area contributed by atoms with E-state index in [1.807, 2.05) is 20.8 Å². The van der Waals surface area contributed by atoms with Crippen LogP contribution in [-0.4, -0.2) is 68.9 Å². The van der Waals surface area contributed by atoms with Crippen molar-refractivity contribution in [1.29, 1.82) is 0 Å². The second-order valence-electron chi connectivity index (χ2n) is 7.63. The van der Waals surface area contributed by atoms with Gasteiger partial charge in [0.2, 0.25) is 0 Å². The van der Waals surface area contributed by atoms with Gasteiger partial charge >= 0.3 is 6.09 Å². The van der Waals surface area contributed by atoms with Gasteiger partial charge in [-0.2, -0.15) is 0 Å². The number of nitrogens with one attached hydrogen (secondary N) is 3. The van der Waals surface area contributed by atoms with Crippen LogP contribution in [0.5, 0.6) is 0 Å². The molecule has 0 aromatic carbocycles. The molecule has 1 saturated carbocycles. The van der Waals surface area contributed by atoms with Crippen molar-refractivity contribution >= 4 is 12.1 Å². The Morgan fingerprint density at radius 2 is 1.68 bits per heavy atom. The Kier molecular flexibility index (Phi) is 9.63. The first-order valence-electron chi connectivity index (χ1n) is 9.43. The normalized spacial score (nSPS) is 16.6. The summed E-state index contributed by atoms with van der Waals surface area (Å²) in [5.74, 6) is 0.753. The maximum atomic E-state index is 11.6. The summed E-state index contributed by atoms with van der Waals surface area (Å²) < 4.78 is 5.19. The third-order valence-corrected chi connectivity index (χ3v) is 4.26. The van der Waals surface area contributed by atoms with Gasteiger partial charge in [-0.05, 0) is 40.7 Å². The molecule has 0 aliphatic heterocycles. The number of rotatable bonds is 7. The number of carbonyl (C=O) groups is 1. The quantitative estimate of drug-likeness (QED) is 0.370. The van der Waals surface area contributed by atoms with Crippen molar-refractivity contribution in [1.82, 2.24) is 20.9 Å². The molecule has 0 atom stereocenters. The second kappa shape index (κ2) is 11.2. The fourth-order valence-electron chi connectivity index (χ4n) is 2.94. The summed E-state index contributed by atoms with van der Waals surface area (Å²) in [7, 11) is 3.96. The Bertz CT molecular complexity index is 414. The Morgan fingerprint density at radius 3 is 2.28 bits per heavy atom. The third kappa shape index (κ3) is 10.2. The lowest BCUT2D eigenvalue weighted by molar-refractivity contribution is 0.0529. The number of guanidine groups is 1. The van der Waals surface area contributed by atoms with Gasteiger partial charge in [0.1, 0.15) is 5.60 Å². The Labute approximate surface area is 153 Å². The van der Waals surface area contributed by atoms with E-state index in [9.17, 15) is 4.79 Å². The van der Waals surface area contributed by atoms with E-state index in [2.05, 4.69) is 32.9 Å². The molecule has 3 N–H and O–H groups in total. The largest absolute Gasteiger partial charge is 0.444 e. The van der Waals surface area contributed by atoms with Gasteiger partial charge < -0.3 is 25.6 Å². The van der Waals surface area contributed by atoms with Crippen LogP contribution in [0.2, 0.25) is 0 Å². The lowest BCUT2D eigenvalue weighted by Gasteiger charge is -2.31. The Hall–Kier alpha value is -1.50. The minimum Gasteiger partial charge on any atom is -0.444 e. The molecule has 146 valence electrons. The van der Waals surface area contributed by atoms with Crippen molar-refractivity contribution in [3.8, 4) is 0 Å². The van der Waals surface area contributed by atoms with Crippen LogP contribution in [0.25, 0.3) is 0 Å². The smallest absolute Gasteiger partial charge is 0.407 e. The number of ether oxygens (including phenoxy) is 1. The van der Waals surface area contributed by atoms with Crippen LogP contribution in [0.4, 0.5) is 4.79 Å². The number of hydrogen-bond acceptors (Lipinski definition) is 4. The number of alkyl carbamates (subject to hydrolysis) is 1. The fourth-order valence-corrected chi connectivity index (χ4v) is 2.94. The van der Waals surface area contributed by atoms with Crippen molar-refractivity contribution in [2.75, 3.05) is 40.3 Å². The monoisotopic (exact) mass is 355 g/mol. The number of aliphatic imine (C=N–C) groups is 1. The molecule has 0 aromatic rings. The SMILES string of the molecule is CN=C(NCCNC(=O)OC(C)(C)C)NCCN(C)C1CCCCC1. The Balaban J connectivity index is 2.12. The zero-order valence-electron chi connectivity index (χ0n) is 16.7. The molecule has 7 heteroatoms. The van der Waals surface area contributed by atoms with Crippen LogP contribution in [0.1, 0.15) is 52.9 Å². The minimum absolute atomic E-state index is 0.397. The summed E-state index contributed by atoms with van der Waals surface area (Å²) >= 11 is 0. The minimum atomic E-state index is -0.473. The summed E-state index contributed by atoms with van der Waals surface area (Å²) in [5.41, 5.74) is -0.473. The number of likely N-dealkylation sites (N-methyl/N-ethyl adjacent to an activating group) is 1. The maximum Gasteiger partial charge on any atom is 0.407 e. The summed E-state index contributed by atoms with van der Waals surface area (Å²) in [6, 6.07) is 0.726. The van der Waals surface area contributed by atoms with Crippen molar-refractivity contribution < 1.29 is 9.53 Å². The predicted molar refractivity (Wildman–Crippen MR) is 103 cm³/mol. The van der Waals surface area contributed by atoms with Crippen molar-refractivity contribution in [3.05, 3.63) is 0 Å². The first-order chi connectivity index (χ1) is 11.8. The number of nitrogens with zero attached hydrogens (tertiary/aromatic N) is 2. The molecule has 1 rings (SSSR count). The highest BCUT2D eigenvalue weighted by atomic mass is 16.6. The maximum absolute atomic E-state index is 11.6. The van der Waals surface area contributed by atoms with E-state index < -0.39 is 11.7 Å². The topological polar surface area (TPSA) is 78.0 Å².